The normalized spacial score (nSPS) is 13.6. The van der Waals surface area contributed by atoms with Crippen LogP contribution in [0.1, 0.15) is 30.2 Å². The molecular weight excluding hydrogens is 302 g/mol. The minimum absolute atomic E-state index is 0.153. The average Bonchev–Trinajstić information content (AvgIpc) is 3.03. The van der Waals surface area contributed by atoms with Crippen LogP contribution < -0.4 is 0 Å². The Labute approximate surface area is 141 Å². The molecule has 0 spiro atoms. The second-order valence-corrected chi connectivity index (χ2v) is 6.07. The van der Waals surface area contributed by atoms with Gasteiger partial charge in [0.25, 0.3) is 0 Å². The number of nitrogens with zero attached hydrogens (tertiary/aromatic N) is 3. The summed E-state index contributed by atoms with van der Waals surface area (Å²) in [7, 11) is 0. The summed E-state index contributed by atoms with van der Waals surface area (Å²) >= 11 is 0. The Morgan fingerprint density at radius 1 is 1.12 bits per heavy atom. The largest absolute Gasteiger partial charge is 0.506 e. The summed E-state index contributed by atoms with van der Waals surface area (Å²) < 4.78 is 1.53. The number of phenolic OH excluding ortho intramolecular Hbond substituents is 1. The van der Waals surface area contributed by atoms with Crippen LogP contribution in [0.5, 0.6) is 5.75 Å². The number of aryl methyl sites for hydroxylation is 1. The van der Waals surface area contributed by atoms with Crippen molar-refractivity contribution < 1.29 is 10.2 Å². The molecule has 2 aromatic carbocycles. The van der Waals surface area contributed by atoms with E-state index >= 15 is 0 Å². The molecule has 3 rings (SSSR count). The number of rotatable bonds is 5. The minimum Gasteiger partial charge on any atom is -0.506 e. The van der Waals surface area contributed by atoms with Gasteiger partial charge in [-0.15, -0.1) is 5.10 Å². The minimum atomic E-state index is -0.989. The molecule has 0 aliphatic rings. The Hall–Kier alpha value is -2.66. The maximum atomic E-state index is 11.0. The van der Waals surface area contributed by atoms with Gasteiger partial charge in [-0.25, -0.2) is 4.68 Å². The lowest BCUT2D eigenvalue weighted by Gasteiger charge is -2.26. The van der Waals surface area contributed by atoms with Crippen LogP contribution in [-0.2, 0) is 12.0 Å². The molecular formula is C19H21N3O2. The van der Waals surface area contributed by atoms with Crippen molar-refractivity contribution in [2.24, 2.45) is 0 Å². The predicted molar refractivity (Wildman–Crippen MR) is 92.1 cm³/mol. The third kappa shape index (κ3) is 3.16. The van der Waals surface area contributed by atoms with Crippen molar-refractivity contribution in [3.8, 4) is 11.4 Å². The average molecular weight is 323 g/mol. The van der Waals surface area contributed by atoms with E-state index in [-0.39, 0.29) is 5.75 Å². The fourth-order valence-corrected chi connectivity index (χ4v) is 2.80. The molecule has 5 nitrogen and oxygen atoms in total. The van der Waals surface area contributed by atoms with Crippen LogP contribution in [-0.4, -0.2) is 25.2 Å². The number of benzene rings is 2. The van der Waals surface area contributed by atoms with Crippen molar-refractivity contribution in [2.75, 3.05) is 0 Å². The van der Waals surface area contributed by atoms with Gasteiger partial charge < -0.3 is 10.2 Å². The Bertz CT molecular complexity index is 830. The van der Waals surface area contributed by atoms with Gasteiger partial charge in [0.05, 0.1) is 17.5 Å². The van der Waals surface area contributed by atoms with Gasteiger partial charge in [0.2, 0.25) is 0 Å². The highest BCUT2D eigenvalue weighted by Crippen LogP contribution is 2.29. The van der Waals surface area contributed by atoms with Gasteiger partial charge in [-0.1, -0.05) is 48.5 Å². The van der Waals surface area contributed by atoms with Crippen LogP contribution >= 0.6 is 0 Å². The Kier molecular flexibility index (Phi) is 4.36. The van der Waals surface area contributed by atoms with E-state index in [1.807, 2.05) is 50.2 Å². The van der Waals surface area contributed by atoms with Crippen molar-refractivity contribution >= 4 is 0 Å². The lowest BCUT2D eigenvalue weighted by molar-refractivity contribution is 0.0317. The first-order chi connectivity index (χ1) is 11.5. The molecule has 24 heavy (non-hydrogen) atoms. The summed E-state index contributed by atoms with van der Waals surface area (Å²) in [5.41, 5.74) is 2.08. The monoisotopic (exact) mass is 323 g/mol. The molecule has 0 fully saturated rings. The van der Waals surface area contributed by atoms with E-state index < -0.39 is 5.60 Å². The Morgan fingerprint density at radius 2 is 1.88 bits per heavy atom. The van der Waals surface area contributed by atoms with E-state index in [2.05, 4.69) is 10.3 Å². The van der Waals surface area contributed by atoms with Gasteiger partial charge in [-0.05, 0) is 36.6 Å². The lowest BCUT2D eigenvalue weighted by atomic mass is 9.87. The number of aliphatic hydroxyl groups is 1. The van der Waals surface area contributed by atoms with Crippen LogP contribution in [0.15, 0.2) is 54.7 Å². The molecule has 1 unspecified atom stereocenters. The van der Waals surface area contributed by atoms with Crippen LogP contribution in [0, 0.1) is 6.92 Å². The summed E-state index contributed by atoms with van der Waals surface area (Å²) in [6.45, 7) is 3.86. The summed E-state index contributed by atoms with van der Waals surface area (Å²) in [6, 6.07) is 15.0. The van der Waals surface area contributed by atoms with E-state index in [9.17, 15) is 10.2 Å². The molecule has 5 heteroatoms. The topological polar surface area (TPSA) is 71.2 Å². The number of aromatic hydroxyl groups is 1. The van der Waals surface area contributed by atoms with Gasteiger partial charge >= 0.3 is 0 Å². The number of hydrogen-bond acceptors (Lipinski definition) is 4. The second kappa shape index (κ2) is 6.45. The molecule has 0 saturated carbocycles. The third-order valence-corrected chi connectivity index (χ3v) is 4.29. The van der Waals surface area contributed by atoms with Crippen molar-refractivity contribution in [3.05, 3.63) is 71.5 Å². The molecule has 124 valence electrons. The van der Waals surface area contributed by atoms with E-state index in [4.69, 9.17) is 0 Å². The maximum Gasteiger partial charge on any atom is 0.141 e. The van der Waals surface area contributed by atoms with E-state index in [0.717, 1.165) is 11.1 Å². The van der Waals surface area contributed by atoms with Crippen molar-refractivity contribution in [2.45, 2.75) is 32.3 Å². The molecule has 0 amide bonds. The highest BCUT2D eigenvalue weighted by Gasteiger charge is 2.28. The molecule has 1 heterocycles. The molecule has 3 aromatic rings. The van der Waals surface area contributed by atoms with Gasteiger partial charge in [0.1, 0.15) is 11.4 Å². The quantitative estimate of drug-likeness (QED) is 0.757. The molecule has 0 aliphatic carbocycles. The SMILES string of the molecule is CCC(O)(Cc1cn(-c2ccc(C)cc2O)nn1)c1ccccc1. The number of hydrogen-bond donors (Lipinski definition) is 2. The zero-order valence-corrected chi connectivity index (χ0v) is 13.8. The standard InChI is InChI=1S/C19H21N3O2/c1-3-19(24,15-7-5-4-6-8-15)12-16-13-22(21-20-16)17-10-9-14(2)11-18(17)23/h4-11,13,23-24H,3,12H2,1-2H3. The second-order valence-electron chi connectivity index (χ2n) is 6.07. The molecule has 0 bridgehead atoms. The summed E-state index contributed by atoms with van der Waals surface area (Å²) in [4.78, 5) is 0. The Balaban J connectivity index is 1.88. The first-order valence-corrected chi connectivity index (χ1v) is 8.01. The van der Waals surface area contributed by atoms with E-state index in [0.29, 0.717) is 24.2 Å². The lowest BCUT2D eigenvalue weighted by Crippen LogP contribution is -2.27. The smallest absolute Gasteiger partial charge is 0.141 e. The summed E-state index contributed by atoms with van der Waals surface area (Å²) in [5.74, 6) is 0.153. The first-order valence-electron chi connectivity index (χ1n) is 8.01. The number of aromatic nitrogens is 3. The van der Waals surface area contributed by atoms with Crippen molar-refractivity contribution in [1.29, 1.82) is 0 Å². The highest BCUT2D eigenvalue weighted by atomic mass is 16.3. The van der Waals surface area contributed by atoms with Gasteiger partial charge in [0, 0.05) is 6.42 Å². The number of phenols is 1. The van der Waals surface area contributed by atoms with Gasteiger partial charge in [0.15, 0.2) is 0 Å². The van der Waals surface area contributed by atoms with Crippen LogP contribution in [0.3, 0.4) is 0 Å². The van der Waals surface area contributed by atoms with Crippen LogP contribution in [0.2, 0.25) is 0 Å². The maximum absolute atomic E-state index is 11.0. The molecule has 0 radical (unpaired) electrons. The molecule has 1 aromatic heterocycles. The zero-order valence-electron chi connectivity index (χ0n) is 13.8. The van der Waals surface area contributed by atoms with Crippen LogP contribution in [0.25, 0.3) is 5.69 Å². The summed E-state index contributed by atoms with van der Waals surface area (Å²) in [6.07, 6.45) is 2.67. The molecule has 0 saturated heterocycles. The molecule has 0 aliphatic heterocycles. The van der Waals surface area contributed by atoms with Crippen molar-refractivity contribution in [1.82, 2.24) is 15.0 Å². The zero-order chi connectivity index (χ0) is 17.2. The first kappa shape index (κ1) is 16.2. The van der Waals surface area contributed by atoms with E-state index in [1.54, 1.807) is 18.3 Å². The fraction of sp³-hybridized carbons (Fsp3) is 0.263. The highest BCUT2D eigenvalue weighted by molar-refractivity contribution is 5.47. The van der Waals surface area contributed by atoms with E-state index in [1.165, 1.54) is 4.68 Å². The third-order valence-electron chi connectivity index (χ3n) is 4.29. The van der Waals surface area contributed by atoms with Crippen molar-refractivity contribution in [3.63, 3.8) is 0 Å². The molecule has 1 atom stereocenters. The van der Waals surface area contributed by atoms with Crippen LogP contribution in [0.4, 0.5) is 0 Å². The van der Waals surface area contributed by atoms with Gasteiger partial charge in [-0.3, -0.25) is 0 Å². The summed E-state index contributed by atoms with van der Waals surface area (Å²) in [5, 5.41) is 29.3. The molecule has 2 N–H and O–H groups in total. The predicted octanol–water partition coefficient (Wildman–Crippen LogP) is 3.12. The fourth-order valence-electron chi connectivity index (χ4n) is 2.80. The van der Waals surface area contributed by atoms with Gasteiger partial charge in [-0.2, -0.15) is 0 Å². The Morgan fingerprint density at radius 3 is 2.54 bits per heavy atom.